The summed E-state index contributed by atoms with van der Waals surface area (Å²) in [6.45, 7) is 0.561. The second kappa shape index (κ2) is 6.01. The Balaban J connectivity index is 1.69. The van der Waals surface area contributed by atoms with E-state index in [0.717, 1.165) is 11.3 Å². The number of fused-ring (bicyclic) bond motifs is 2. The number of aromatic nitrogens is 2. The fourth-order valence-corrected chi connectivity index (χ4v) is 4.00. The van der Waals surface area contributed by atoms with Crippen molar-refractivity contribution in [3.63, 3.8) is 0 Å². The summed E-state index contributed by atoms with van der Waals surface area (Å²) in [5, 5.41) is 0.636. The van der Waals surface area contributed by atoms with Crippen LogP contribution in [0.5, 0.6) is 5.75 Å². The van der Waals surface area contributed by atoms with Crippen LogP contribution in [0.1, 0.15) is 5.56 Å². The molecule has 0 fully saturated rings. The van der Waals surface area contributed by atoms with Crippen LogP contribution in [0.25, 0.3) is 11.0 Å². The maximum Gasteiger partial charge on any atom is 0.263 e. The second-order valence-corrected chi connectivity index (χ2v) is 7.93. The van der Waals surface area contributed by atoms with E-state index < -0.39 is 10.0 Å². The van der Waals surface area contributed by atoms with Gasteiger partial charge in [0.1, 0.15) is 11.3 Å². The molecule has 2 aromatic carbocycles. The fourth-order valence-electron chi connectivity index (χ4n) is 2.60. The first-order valence-corrected chi connectivity index (χ1v) is 9.57. The average molecular weight is 396 g/mol. The largest absolute Gasteiger partial charge is 0.493 e. The van der Waals surface area contributed by atoms with Gasteiger partial charge in [-0.1, -0.05) is 23.2 Å². The minimum atomic E-state index is -3.79. The standard InChI is InChI=1S/C16H11Cl2N3O3S/c17-11-2-3-12-16(15(11)18)19-8-14(20-12)21-25(22,23)10-1-4-13-9(7-10)5-6-24-13/h1-4,7-8H,5-6H2,(H,20,21). The number of benzene rings is 2. The van der Waals surface area contributed by atoms with Crippen molar-refractivity contribution in [2.45, 2.75) is 11.3 Å². The highest BCUT2D eigenvalue weighted by Crippen LogP contribution is 2.30. The molecule has 2 heterocycles. The zero-order valence-electron chi connectivity index (χ0n) is 12.7. The van der Waals surface area contributed by atoms with Gasteiger partial charge in [0.15, 0.2) is 5.82 Å². The molecule has 6 nitrogen and oxygen atoms in total. The molecule has 1 aliphatic rings. The van der Waals surface area contributed by atoms with Crippen LogP contribution in [0.15, 0.2) is 41.4 Å². The highest BCUT2D eigenvalue weighted by molar-refractivity contribution is 7.92. The number of rotatable bonds is 3. The monoisotopic (exact) mass is 395 g/mol. The lowest BCUT2D eigenvalue weighted by Crippen LogP contribution is -2.14. The van der Waals surface area contributed by atoms with Crippen LogP contribution < -0.4 is 9.46 Å². The summed E-state index contributed by atoms with van der Waals surface area (Å²) < 4.78 is 33.0. The van der Waals surface area contributed by atoms with E-state index in [4.69, 9.17) is 27.9 Å². The molecule has 0 atom stereocenters. The van der Waals surface area contributed by atoms with Gasteiger partial charge in [-0.05, 0) is 35.9 Å². The smallest absolute Gasteiger partial charge is 0.263 e. The number of ether oxygens (including phenoxy) is 1. The lowest BCUT2D eigenvalue weighted by molar-refractivity contribution is 0.356. The first-order chi connectivity index (χ1) is 11.9. The van der Waals surface area contributed by atoms with Crippen molar-refractivity contribution in [1.82, 2.24) is 9.97 Å². The first kappa shape index (κ1) is 16.4. The molecule has 1 aromatic heterocycles. The molecule has 0 aliphatic carbocycles. The summed E-state index contributed by atoms with van der Waals surface area (Å²) in [5.74, 6) is 0.818. The summed E-state index contributed by atoms with van der Waals surface area (Å²) in [5.41, 5.74) is 1.72. The van der Waals surface area contributed by atoms with Crippen molar-refractivity contribution >= 4 is 50.1 Å². The summed E-state index contributed by atoms with van der Waals surface area (Å²) in [6, 6.07) is 7.97. The lowest BCUT2D eigenvalue weighted by Gasteiger charge is -2.09. The third-order valence-corrected chi connectivity index (χ3v) is 5.96. The van der Waals surface area contributed by atoms with E-state index in [1.807, 2.05) is 0 Å². The predicted molar refractivity (Wildman–Crippen MR) is 96.0 cm³/mol. The van der Waals surface area contributed by atoms with Gasteiger partial charge in [-0.3, -0.25) is 4.72 Å². The Labute approximate surface area is 153 Å². The Morgan fingerprint density at radius 1 is 1.16 bits per heavy atom. The van der Waals surface area contributed by atoms with Gasteiger partial charge in [0.05, 0.1) is 33.3 Å². The molecule has 1 aliphatic heterocycles. The van der Waals surface area contributed by atoms with Crippen LogP contribution >= 0.6 is 23.2 Å². The Kier molecular flexibility index (Phi) is 3.94. The molecular formula is C16H11Cl2N3O3S. The molecule has 3 aromatic rings. The molecule has 0 unspecified atom stereocenters. The van der Waals surface area contributed by atoms with Crippen LogP contribution in [0.3, 0.4) is 0 Å². The first-order valence-electron chi connectivity index (χ1n) is 7.33. The summed E-state index contributed by atoms with van der Waals surface area (Å²) in [7, 11) is -3.79. The molecule has 0 amide bonds. The minimum absolute atomic E-state index is 0.0997. The number of sulfonamides is 1. The van der Waals surface area contributed by atoms with E-state index in [9.17, 15) is 8.42 Å². The summed E-state index contributed by atoms with van der Waals surface area (Å²) >= 11 is 12.0. The van der Waals surface area contributed by atoms with E-state index in [-0.39, 0.29) is 15.7 Å². The second-order valence-electron chi connectivity index (χ2n) is 5.46. The van der Waals surface area contributed by atoms with Crippen molar-refractivity contribution in [2.24, 2.45) is 0 Å². The molecule has 9 heteroatoms. The van der Waals surface area contributed by atoms with Crippen molar-refractivity contribution < 1.29 is 13.2 Å². The van der Waals surface area contributed by atoms with Gasteiger partial charge < -0.3 is 4.74 Å². The summed E-state index contributed by atoms with van der Waals surface area (Å²) in [6.07, 6.45) is 1.99. The topological polar surface area (TPSA) is 81.2 Å². The molecule has 0 bridgehead atoms. The number of anilines is 1. The molecule has 128 valence electrons. The van der Waals surface area contributed by atoms with Crippen LogP contribution in [-0.4, -0.2) is 25.0 Å². The van der Waals surface area contributed by atoms with Gasteiger partial charge in [-0.2, -0.15) is 0 Å². The zero-order chi connectivity index (χ0) is 17.6. The Bertz CT molecular complexity index is 1100. The maximum absolute atomic E-state index is 12.6. The normalized spacial score (nSPS) is 13.5. The van der Waals surface area contributed by atoms with Crippen molar-refractivity contribution in [3.8, 4) is 5.75 Å². The molecule has 0 radical (unpaired) electrons. The van der Waals surface area contributed by atoms with Crippen LogP contribution in [0.2, 0.25) is 10.0 Å². The quantitative estimate of drug-likeness (QED) is 0.731. The van der Waals surface area contributed by atoms with Gasteiger partial charge in [0, 0.05) is 6.42 Å². The summed E-state index contributed by atoms with van der Waals surface area (Å²) in [4.78, 5) is 8.54. The fraction of sp³-hybridized carbons (Fsp3) is 0.125. The SMILES string of the molecule is O=S(=O)(Nc1cnc2c(Cl)c(Cl)ccc2n1)c1ccc2c(c1)CCO2. The Morgan fingerprint density at radius 3 is 2.84 bits per heavy atom. The van der Waals surface area contributed by atoms with Gasteiger partial charge >= 0.3 is 0 Å². The maximum atomic E-state index is 12.6. The van der Waals surface area contributed by atoms with E-state index in [2.05, 4.69) is 14.7 Å². The van der Waals surface area contributed by atoms with Crippen LogP contribution in [-0.2, 0) is 16.4 Å². The molecule has 0 saturated heterocycles. The lowest BCUT2D eigenvalue weighted by atomic mass is 10.2. The molecular weight excluding hydrogens is 385 g/mol. The molecule has 0 saturated carbocycles. The number of nitrogens with zero attached hydrogens (tertiary/aromatic N) is 2. The molecule has 0 spiro atoms. The van der Waals surface area contributed by atoms with Crippen LogP contribution in [0, 0.1) is 0 Å². The predicted octanol–water partition coefficient (Wildman–Crippen LogP) is 3.67. The van der Waals surface area contributed by atoms with Gasteiger partial charge in [-0.15, -0.1) is 0 Å². The minimum Gasteiger partial charge on any atom is -0.493 e. The van der Waals surface area contributed by atoms with Gasteiger partial charge in [-0.25, -0.2) is 18.4 Å². The van der Waals surface area contributed by atoms with Crippen LogP contribution in [0.4, 0.5) is 5.82 Å². The van der Waals surface area contributed by atoms with Crippen molar-refractivity contribution in [2.75, 3.05) is 11.3 Å². The highest BCUT2D eigenvalue weighted by atomic mass is 35.5. The van der Waals surface area contributed by atoms with Gasteiger partial charge in [0.25, 0.3) is 10.0 Å². The van der Waals surface area contributed by atoms with Crippen molar-refractivity contribution in [3.05, 3.63) is 52.1 Å². The van der Waals surface area contributed by atoms with E-state index in [1.54, 1.807) is 24.3 Å². The Hall–Kier alpha value is -2.09. The van der Waals surface area contributed by atoms with E-state index in [1.165, 1.54) is 12.3 Å². The third kappa shape index (κ3) is 2.99. The molecule has 4 rings (SSSR count). The number of hydrogen-bond acceptors (Lipinski definition) is 5. The average Bonchev–Trinajstić information content (AvgIpc) is 3.05. The van der Waals surface area contributed by atoms with Crippen molar-refractivity contribution in [1.29, 1.82) is 0 Å². The molecule has 1 N–H and O–H groups in total. The number of hydrogen-bond donors (Lipinski definition) is 1. The van der Waals surface area contributed by atoms with Gasteiger partial charge in [0.2, 0.25) is 0 Å². The number of nitrogens with one attached hydrogen (secondary N) is 1. The number of halogens is 2. The molecule has 25 heavy (non-hydrogen) atoms. The zero-order valence-corrected chi connectivity index (χ0v) is 15.0. The third-order valence-electron chi connectivity index (χ3n) is 3.81. The van der Waals surface area contributed by atoms with E-state index >= 15 is 0 Å². The highest BCUT2D eigenvalue weighted by Gasteiger charge is 2.20. The Morgan fingerprint density at radius 2 is 2.00 bits per heavy atom. The van der Waals surface area contributed by atoms with E-state index in [0.29, 0.717) is 29.1 Å².